The van der Waals surface area contributed by atoms with E-state index in [9.17, 15) is 22.8 Å². The first-order valence-electron chi connectivity index (χ1n) is 8.18. The predicted molar refractivity (Wildman–Crippen MR) is 87.2 cm³/mol. The number of rotatable bonds is 3. The van der Waals surface area contributed by atoms with Crippen LogP contribution in [-0.2, 0) is 20.8 Å². The Morgan fingerprint density at radius 1 is 1.04 bits per heavy atom. The third-order valence-corrected chi connectivity index (χ3v) is 3.36. The molecule has 10 heteroatoms. The van der Waals surface area contributed by atoms with Crippen molar-refractivity contribution >= 4 is 12.2 Å². The van der Waals surface area contributed by atoms with E-state index in [0.717, 1.165) is 10.0 Å². The Hall–Kier alpha value is -2.49. The molecule has 1 aliphatic heterocycles. The van der Waals surface area contributed by atoms with Gasteiger partial charge in [0.05, 0.1) is 13.1 Å². The van der Waals surface area contributed by atoms with Crippen molar-refractivity contribution in [3.8, 4) is 0 Å². The molecule has 0 aliphatic carbocycles. The van der Waals surface area contributed by atoms with Crippen molar-refractivity contribution in [2.24, 2.45) is 0 Å². The van der Waals surface area contributed by atoms with Gasteiger partial charge in [-0.25, -0.2) is 19.6 Å². The maximum atomic E-state index is 12.5. The van der Waals surface area contributed by atoms with Gasteiger partial charge in [0.2, 0.25) is 0 Å². The highest BCUT2D eigenvalue weighted by Crippen LogP contribution is 2.25. The summed E-state index contributed by atoms with van der Waals surface area (Å²) in [5, 5.41) is 1.52. The lowest BCUT2D eigenvalue weighted by Crippen LogP contribution is -2.47. The highest BCUT2D eigenvalue weighted by Gasteiger charge is 2.45. The minimum Gasteiger partial charge on any atom is -0.443 e. The van der Waals surface area contributed by atoms with Crippen LogP contribution in [0.25, 0.3) is 0 Å². The minimum atomic E-state index is -4.89. The number of hydrazine groups is 1. The fourth-order valence-electron chi connectivity index (χ4n) is 2.36. The summed E-state index contributed by atoms with van der Waals surface area (Å²) in [6.07, 6.45) is -8.28. The second kappa shape index (κ2) is 8.03. The largest absolute Gasteiger partial charge is 0.522 e. The maximum Gasteiger partial charge on any atom is 0.522 e. The number of carbonyl (C=O) groups excluding carboxylic acids is 2. The number of amides is 2. The Morgan fingerprint density at radius 2 is 1.59 bits per heavy atom. The Labute approximate surface area is 154 Å². The maximum absolute atomic E-state index is 12.5. The first kappa shape index (κ1) is 20.8. The van der Waals surface area contributed by atoms with E-state index in [1.54, 1.807) is 51.1 Å². The van der Waals surface area contributed by atoms with Crippen LogP contribution in [0.4, 0.5) is 22.8 Å². The number of ether oxygens (including phenoxy) is 3. The Balaban J connectivity index is 2.07. The van der Waals surface area contributed by atoms with Gasteiger partial charge in [0.1, 0.15) is 18.3 Å². The lowest BCUT2D eigenvalue weighted by molar-refractivity contribution is -0.339. The zero-order valence-electron chi connectivity index (χ0n) is 15.2. The van der Waals surface area contributed by atoms with Gasteiger partial charge in [0.25, 0.3) is 0 Å². The normalized spacial score (nSPS) is 17.8. The molecule has 7 nitrogen and oxygen atoms in total. The third kappa shape index (κ3) is 6.63. The summed E-state index contributed by atoms with van der Waals surface area (Å²) < 4.78 is 51.7. The predicted octanol–water partition coefficient (Wildman–Crippen LogP) is 3.70. The van der Waals surface area contributed by atoms with E-state index < -0.39 is 43.3 Å². The van der Waals surface area contributed by atoms with E-state index in [4.69, 9.17) is 9.47 Å². The first-order valence-corrected chi connectivity index (χ1v) is 8.18. The molecule has 0 aromatic heterocycles. The van der Waals surface area contributed by atoms with E-state index in [-0.39, 0.29) is 6.61 Å². The molecule has 2 rings (SSSR count). The zero-order valence-corrected chi connectivity index (χ0v) is 15.2. The van der Waals surface area contributed by atoms with Crippen LogP contribution < -0.4 is 0 Å². The quantitative estimate of drug-likeness (QED) is 0.787. The van der Waals surface area contributed by atoms with Crippen LogP contribution in [0.1, 0.15) is 26.3 Å². The van der Waals surface area contributed by atoms with Crippen molar-refractivity contribution in [1.29, 1.82) is 0 Å². The first-order chi connectivity index (χ1) is 12.4. The van der Waals surface area contributed by atoms with Crippen LogP contribution in [0.3, 0.4) is 0 Å². The molecule has 0 spiro atoms. The summed E-state index contributed by atoms with van der Waals surface area (Å²) in [5.74, 6) is 0. The average molecular weight is 390 g/mol. The second-order valence-corrected chi connectivity index (χ2v) is 6.87. The minimum absolute atomic E-state index is 0.0941. The lowest BCUT2D eigenvalue weighted by atomic mass is 10.2. The SMILES string of the molecule is CC(C)(C)OC(=O)N1CC(OC(F)(F)F)CN1C(=O)OCc1ccccc1. The van der Waals surface area contributed by atoms with Crippen molar-refractivity contribution in [1.82, 2.24) is 10.0 Å². The number of alkyl halides is 3. The molecule has 1 aliphatic rings. The number of nitrogens with zero attached hydrogens (tertiary/aromatic N) is 2. The fraction of sp³-hybridized carbons (Fsp3) is 0.529. The summed E-state index contributed by atoms with van der Waals surface area (Å²) >= 11 is 0. The van der Waals surface area contributed by atoms with Gasteiger partial charge in [-0.3, -0.25) is 4.74 Å². The van der Waals surface area contributed by atoms with Gasteiger partial charge in [-0.15, -0.1) is 13.2 Å². The van der Waals surface area contributed by atoms with E-state index in [2.05, 4.69) is 4.74 Å². The molecule has 0 N–H and O–H groups in total. The van der Waals surface area contributed by atoms with E-state index in [1.165, 1.54) is 0 Å². The topological polar surface area (TPSA) is 68.3 Å². The molecule has 0 saturated carbocycles. The molecule has 1 aromatic rings. The van der Waals surface area contributed by atoms with Gasteiger partial charge in [0.15, 0.2) is 0 Å². The molecule has 2 amide bonds. The molecule has 150 valence electrons. The zero-order chi connectivity index (χ0) is 20.2. The van der Waals surface area contributed by atoms with Crippen molar-refractivity contribution in [3.63, 3.8) is 0 Å². The number of hydrogen-bond donors (Lipinski definition) is 0. The number of halogens is 3. The van der Waals surface area contributed by atoms with Crippen LogP contribution in [0, 0.1) is 0 Å². The van der Waals surface area contributed by atoms with E-state index >= 15 is 0 Å². The summed E-state index contributed by atoms with van der Waals surface area (Å²) in [6.45, 7) is 3.72. The highest BCUT2D eigenvalue weighted by molar-refractivity contribution is 5.75. The Bertz CT molecular complexity index is 661. The molecule has 1 heterocycles. The van der Waals surface area contributed by atoms with Crippen LogP contribution in [0.15, 0.2) is 30.3 Å². The molecule has 1 aromatic carbocycles. The molecule has 27 heavy (non-hydrogen) atoms. The molecule has 0 bridgehead atoms. The smallest absolute Gasteiger partial charge is 0.443 e. The summed E-state index contributed by atoms with van der Waals surface area (Å²) in [7, 11) is 0. The molecule has 0 radical (unpaired) electrons. The van der Waals surface area contributed by atoms with Gasteiger partial charge in [-0.1, -0.05) is 30.3 Å². The summed E-state index contributed by atoms with van der Waals surface area (Å²) in [4.78, 5) is 24.6. The molecule has 1 fully saturated rings. The number of carbonyl (C=O) groups is 2. The Morgan fingerprint density at radius 3 is 2.11 bits per heavy atom. The van der Waals surface area contributed by atoms with Gasteiger partial charge in [0, 0.05) is 0 Å². The van der Waals surface area contributed by atoms with Crippen LogP contribution in [0.5, 0.6) is 0 Å². The summed E-state index contributed by atoms with van der Waals surface area (Å²) in [5.41, 5.74) is -0.198. The van der Waals surface area contributed by atoms with Crippen LogP contribution in [-0.4, -0.2) is 53.4 Å². The molecule has 1 unspecified atom stereocenters. The monoisotopic (exact) mass is 390 g/mol. The van der Waals surface area contributed by atoms with Gasteiger partial charge in [-0.05, 0) is 26.3 Å². The Kier molecular flexibility index (Phi) is 6.19. The average Bonchev–Trinajstić information content (AvgIpc) is 2.94. The molecular formula is C17H21F3N2O5. The van der Waals surface area contributed by atoms with E-state index in [1.807, 2.05) is 0 Å². The second-order valence-electron chi connectivity index (χ2n) is 6.87. The fourth-order valence-corrected chi connectivity index (χ4v) is 2.36. The van der Waals surface area contributed by atoms with Gasteiger partial charge >= 0.3 is 18.5 Å². The van der Waals surface area contributed by atoms with Gasteiger partial charge < -0.3 is 9.47 Å². The van der Waals surface area contributed by atoms with Crippen molar-refractivity contribution in [2.45, 2.75) is 45.4 Å². The number of benzene rings is 1. The standard InChI is InChI=1S/C17H21F3N2O5/c1-16(2,3)27-15(24)22-10-13(26-17(18,19)20)9-21(22)14(23)25-11-12-7-5-4-6-8-12/h4-8,13H,9-11H2,1-3H3. The van der Waals surface area contributed by atoms with Crippen LogP contribution >= 0.6 is 0 Å². The lowest BCUT2D eigenvalue weighted by Gasteiger charge is -2.29. The van der Waals surface area contributed by atoms with Gasteiger partial charge in [-0.2, -0.15) is 0 Å². The van der Waals surface area contributed by atoms with Crippen molar-refractivity contribution < 1.29 is 37.0 Å². The molecule has 1 saturated heterocycles. The van der Waals surface area contributed by atoms with Crippen LogP contribution in [0.2, 0.25) is 0 Å². The summed E-state index contributed by atoms with van der Waals surface area (Å²) in [6, 6.07) is 8.73. The molecule has 1 atom stereocenters. The highest BCUT2D eigenvalue weighted by atomic mass is 19.4. The van der Waals surface area contributed by atoms with Crippen molar-refractivity contribution in [2.75, 3.05) is 13.1 Å². The van der Waals surface area contributed by atoms with Crippen molar-refractivity contribution in [3.05, 3.63) is 35.9 Å². The number of hydrogen-bond acceptors (Lipinski definition) is 5. The molecular weight excluding hydrogens is 369 g/mol. The third-order valence-electron chi connectivity index (χ3n) is 3.36. The van der Waals surface area contributed by atoms with E-state index in [0.29, 0.717) is 5.56 Å².